The van der Waals surface area contributed by atoms with Gasteiger partial charge in [0.25, 0.3) is 0 Å². The Labute approximate surface area is 133 Å². The van der Waals surface area contributed by atoms with E-state index in [4.69, 9.17) is 17.4 Å². The van der Waals surface area contributed by atoms with Gasteiger partial charge in [-0.15, -0.1) is 0 Å². The maximum Gasteiger partial charge on any atom is 0.142 e. The van der Waals surface area contributed by atoms with Gasteiger partial charge in [0.2, 0.25) is 0 Å². The Balaban J connectivity index is 2.27. The van der Waals surface area contributed by atoms with Gasteiger partial charge in [0, 0.05) is 6.04 Å². The molecule has 0 saturated carbocycles. The van der Waals surface area contributed by atoms with Crippen molar-refractivity contribution in [2.75, 3.05) is 0 Å². The molecular formula is C17H28ClFN2. The van der Waals surface area contributed by atoms with E-state index in [1.165, 1.54) is 51.0 Å². The van der Waals surface area contributed by atoms with Crippen molar-refractivity contribution in [1.82, 2.24) is 5.43 Å². The van der Waals surface area contributed by atoms with Crippen LogP contribution in [0.1, 0.15) is 76.3 Å². The molecule has 1 aromatic rings. The topological polar surface area (TPSA) is 38.0 Å². The Morgan fingerprint density at radius 2 is 1.71 bits per heavy atom. The number of rotatable bonds is 11. The largest absolute Gasteiger partial charge is 0.271 e. The Morgan fingerprint density at radius 1 is 1.10 bits per heavy atom. The minimum atomic E-state index is -0.384. The normalized spacial score (nSPS) is 12.6. The highest BCUT2D eigenvalue weighted by molar-refractivity contribution is 6.31. The molecule has 0 aliphatic carbocycles. The molecule has 0 radical (unpaired) electrons. The number of hydrogen-bond acceptors (Lipinski definition) is 2. The molecule has 0 aliphatic heterocycles. The zero-order chi connectivity index (χ0) is 15.5. The maximum absolute atomic E-state index is 13.5. The summed E-state index contributed by atoms with van der Waals surface area (Å²) in [6.45, 7) is 2.23. The first-order valence-electron chi connectivity index (χ1n) is 8.10. The molecule has 1 aromatic carbocycles. The van der Waals surface area contributed by atoms with E-state index in [0.29, 0.717) is 0 Å². The molecule has 3 N–H and O–H groups in total. The number of hydrogen-bond donors (Lipinski definition) is 2. The lowest BCUT2D eigenvalue weighted by atomic mass is 9.99. The van der Waals surface area contributed by atoms with Crippen LogP contribution >= 0.6 is 11.6 Å². The number of halogens is 2. The molecule has 0 saturated heterocycles. The van der Waals surface area contributed by atoms with Crippen molar-refractivity contribution >= 4 is 11.6 Å². The van der Waals surface area contributed by atoms with Gasteiger partial charge in [-0.05, 0) is 18.1 Å². The van der Waals surface area contributed by atoms with E-state index < -0.39 is 0 Å². The van der Waals surface area contributed by atoms with Crippen molar-refractivity contribution in [2.24, 2.45) is 5.84 Å². The third-order valence-electron chi connectivity index (χ3n) is 3.90. The predicted octanol–water partition coefficient (Wildman–Crippen LogP) is 5.51. The fraction of sp³-hybridized carbons (Fsp3) is 0.647. The smallest absolute Gasteiger partial charge is 0.142 e. The third-order valence-corrected chi connectivity index (χ3v) is 4.30. The summed E-state index contributed by atoms with van der Waals surface area (Å²) in [7, 11) is 0. The molecule has 0 bridgehead atoms. The number of nitrogens with one attached hydrogen (secondary N) is 1. The number of nitrogens with two attached hydrogens (primary N) is 1. The molecular weight excluding hydrogens is 287 g/mol. The first-order chi connectivity index (χ1) is 10.2. The number of benzene rings is 1. The van der Waals surface area contributed by atoms with Gasteiger partial charge in [0.15, 0.2) is 0 Å². The summed E-state index contributed by atoms with van der Waals surface area (Å²) in [6, 6.07) is 4.80. The van der Waals surface area contributed by atoms with E-state index >= 15 is 0 Å². The van der Waals surface area contributed by atoms with E-state index in [2.05, 4.69) is 12.3 Å². The minimum absolute atomic E-state index is 0.0757. The summed E-state index contributed by atoms with van der Waals surface area (Å²) in [6.07, 6.45) is 11.0. The Hall–Kier alpha value is -0.640. The van der Waals surface area contributed by atoms with Crippen molar-refractivity contribution in [2.45, 2.75) is 70.8 Å². The quantitative estimate of drug-likeness (QED) is 0.321. The minimum Gasteiger partial charge on any atom is -0.271 e. The van der Waals surface area contributed by atoms with E-state index in [0.717, 1.165) is 18.4 Å². The van der Waals surface area contributed by atoms with Gasteiger partial charge < -0.3 is 0 Å². The fourth-order valence-electron chi connectivity index (χ4n) is 2.60. The monoisotopic (exact) mass is 314 g/mol. The molecule has 2 nitrogen and oxygen atoms in total. The highest BCUT2D eigenvalue weighted by atomic mass is 35.5. The van der Waals surface area contributed by atoms with Crippen LogP contribution < -0.4 is 11.3 Å². The summed E-state index contributed by atoms with van der Waals surface area (Å²) >= 11 is 6.01. The molecule has 1 atom stereocenters. The second-order valence-corrected chi connectivity index (χ2v) is 6.00. The van der Waals surface area contributed by atoms with Crippen molar-refractivity contribution < 1.29 is 4.39 Å². The zero-order valence-corrected chi connectivity index (χ0v) is 13.8. The van der Waals surface area contributed by atoms with Gasteiger partial charge in [-0.2, -0.15) is 0 Å². The number of unbranched alkanes of at least 4 members (excludes halogenated alkanes) is 7. The molecule has 0 spiro atoms. The van der Waals surface area contributed by atoms with Crippen LogP contribution in [0.25, 0.3) is 0 Å². The summed E-state index contributed by atoms with van der Waals surface area (Å²) < 4.78 is 13.5. The molecule has 21 heavy (non-hydrogen) atoms. The molecule has 120 valence electrons. The van der Waals surface area contributed by atoms with Gasteiger partial charge in [0.1, 0.15) is 5.82 Å². The van der Waals surface area contributed by atoms with E-state index in [9.17, 15) is 4.39 Å². The molecule has 1 unspecified atom stereocenters. The molecule has 0 amide bonds. The van der Waals surface area contributed by atoms with Gasteiger partial charge >= 0.3 is 0 Å². The highest BCUT2D eigenvalue weighted by Gasteiger charge is 2.15. The average molecular weight is 315 g/mol. The van der Waals surface area contributed by atoms with E-state index in [1.807, 2.05) is 6.07 Å². The second kappa shape index (κ2) is 11.0. The van der Waals surface area contributed by atoms with Crippen molar-refractivity contribution in [3.05, 3.63) is 34.6 Å². The highest BCUT2D eigenvalue weighted by Crippen LogP contribution is 2.28. The van der Waals surface area contributed by atoms with Crippen LogP contribution in [-0.2, 0) is 0 Å². The summed E-state index contributed by atoms with van der Waals surface area (Å²) in [5.41, 5.74) is 3.51. The van der Waals surface area contributed by atoms with Crippen LogP contribution in [0, 0.1) is 5.82 Å². The predicted molar refractivity (Wildman–Crippen MR) is 88.7 cm³/mol. The maximum atomic E-state index is 13.5. The Kier molecular flexibility index (Phi) is 9.64. The first-order valence-corrected chi connectivity index (χ1v) is 8.48. The lowest BCUT2D eigenvalue weighted by molar-refractivity contribution is 0.473. The Morgan fingerprint density at radius 3 is 2.33 bits per heavy atom. The zero-order valence-electron chi connectivity index (χ0n) is 13.0. The standard InChI is InChI=1S/C17H28ClFN2/c1-2-3-4-5-6-7-8-9-13-16(21-20)14-11-10-12-15(19)17(14)18/h10-12,16,21H,2-9,13,20H2,1H3. The SMILES string of the molecule is CCCCCCCCCCC(NN)c1cccc(F)c1Cl. The lowest BCUT2D eigenvalue weighted by Gasteiger charge is -2.17. The summed E-state index contributed by atoms with van der Waals surface area (Å²) in [5, 5.41) is 0.181. The molecule has 1 rings (SSSR count). The van der Waals surface area contributed by atoms with Crippen LogP contribution in [0.5, 0.6) is 0 Å². The van der Waals surface area contributed by atoms with E-state index in [-0.39, 0.29) is 16.9 Å². The van der Waals surface area contributed by atoms with Crippen molar-refractivity contribution in [1.29, 1.82) is 0 Å². The van der Waals surface area contributed by atoms with Crippen LogP contribution in [0.4, 0.5) is 4.39 Å². The van der Waals surface area contributed by atoms with Gasteiger partial charge in [-0.25, -0.2) is 4.39 Å². The Bertz CT molecular complexity index is 398. The molecule has 4 heteroatoms. The van der Waals surface area contributed by atoms with Crippen LogP contribution in [0.15, 0.2) is 18.2 Å². The van der Waals surface area contributed by atoms with Crippen molar-refractivity contribution in [3.63, 3.8) is 0 Å². The molecule has 0 fully saturated rings. The summed E-state index contributed by atoms with van der Waals surface area (Å²) in [4.78, 5) is 0. The second-order valence-electron chi connectivity index (χ2n) is 5.63. The van der Waals surface area contributed by atoms with Crippen molar-refractivity contribution in [3.8, 4) is 0 Å². The third kappa shape index (κ3) is 6.77. The molecule has 0 aromatic heterocycles. The lowest BCUT2D eigenvalue weighted by Crippen LogP contribution is -2.28. The molecule has 0 aliphatic rings. The first kappa shape index (κ1) is 18.4. The fourth-order valence-corrected chi connectivity index (χ4v) is 2.86. The average Bonchev–Trinajstić information content (AvgIpc) is 2.49. The van der Waals surface area contributed by atoms with Gasteiger partial charge in [-0.3, -0.25) is 11.3 Å². The van der Waals surface area contributed by atoms with Gasteiger partial charge in [0.05, 0.1) is 5.02 Å². The molecule has 0 heterocycles. The van der Waals surface area contributed by atoms with Gasteiger partial charge in [-0.1, -0.05) is 82.0 Å². The number of hydrazine groups is 1. The van der Waals surface area contributed by atoms with Crippen LogP contribution in [-0.4, -0.2) is 0 Å². The summed E-state index contributed by atoms with van der Waals surface area (Å²) in [5.74, 6) is 5.20. The van der Waals surface area contributed by atoms with Crippen LogP contribution in [0.2, 0.25) is 5.02 Å². The van der Waals surface area contributed by atoms with Crippen LogP contribution in [0.3, 0.4) is 0 Å². The van der Waals surface area contributed by atoms with E-state index in [1.54, 1.807) is 6.07 Å².